The van der Waals surface area contributed by atoms with Gasteiger partial charge >= 0.3 is 0 Å². The fraction of sp³-hybridized carbons (Fsp3) is 0.611. The molecule has 21 heavy (non-hydrogen) atoms. The van der Waals surface area contributed by atoms with Crippen LogP contribution in [0.1, 0.15) is 57.4 Å². The lowest BCUT2D eigenvalue weighted by molar-refractivity contribution is 0.283. The molecule has 0 saturated heterocycles. The third kappa shape index (κ3) is 3.58. The van der Waals surface area contributed by atoms with Crippen LogP contribution in [0.3, 0.4) is 0 Å². The average molecular weight is 286 g/mol. The largest absolute Gasteiger partial charge is 0.483 e. The number of nitrogens with one attached hydrogen (secondary N) is 1. The zero-order valence-electron chi connectivity index (χ0n) is 13.1. The Labute approximate surface area is 127 Å². The van der Waals surface area contributed by atoms with Crippen LogP contribution in [0.15, 0.2) is 29.3 Å². The summed E-state index contributed by atoms with van der Waals surface area (Å²) >= 11 is 0. The van der Waals surface area contributed by atoms with Crippen molar-refractivity contribution < 1.29 is 4.74 Å². The van der Waals surface area contributed by atoms with Gasteiger partial charge in [0.25, 0.3) is 0 Å². The van der Waals surface area contributed by atoms with Gasteiger partial charge in [-0.15, -0.1) is 0 Å². The van der Waals surface area contributed by atoms with E-state index in [2.05, 4.69) is 48.4 Å². The van der Waals surface area contributed by atoms with Gasteiger partial charge in [-0.05, 0) is 50.3 Å². The Bertz CT molecular complexity index is 488. The summed E-state index contributed by atoms with van der Waals surface area (Å²) in [7, 11) is 0. The van der Waals surface area contributed by atoms with Crippen molar-refractivity contribution in [2.45, 2.75) is 64.0 Å². The van der Waals surface area contributed by atoms with E-state index in [9.17, 15) is 0 Å². The third-order valence-electron chi connectivity index (χ3n) is 4.58. The monoisotopic (exact) mass is 286 g/mol. The first-order valence-electron chi connectivity index (χ1n) is 8.30. The van der Waals surface area contributed by atoms with Crippen molar-refractivity contribution in [3.63, 3.8) is 0 Å². The van der Waals surface area contributed by atoms with Gasteiger partial charge in [0.1, 0.15) is 11.6 Å². The fourth-order valence-corrected chi connectivity index (χ4v) is 3.34. The Kier molecular flexibility index (Phi) is 4.47. The zero-order chi connectivity index (χ0) is 14.7. The maximum Gasteiger partial charge on any atom is 0.152 e. The molecule has 0 spiro atoms. The van der Waals surface area contributed by atoms with Crippen LogP contribution >= 0.6 is 0 Å². The second-order valence-corrected chi connectivity index (χ2v) is 6.44. The van der Waals surface area contributed by atoms with Crippen molar-refractivity contribution in [2.24, 2.45) is 4.99 Å². The number of benzene rings is 1. The lowest BCUT2D eigenvalue weighted by Gasteiger charge is -2.22. The average Bonchev–Trinajstić information content (AvgIpc) is 2.96. The second kappa shape index (κ2) is 6.50. The first-order valence-corrected chi connectivity index (χ1v) is 8.30. The number of aliphatic imine (C=N–C) groups is 1. The van der Waals surface area contributed by atoms with E-state index in [4.69, 9.17) is 4.74 Å². The number of ether oxygens (including phenoxy) is 1. The molecule has 0 amide bonds. The normalized spacial score (nSPS) is 24.3. The maximum absolute atomic E-state index is 6.00. The van der Waals surface area contributed by atoms with Crippen LogP contribution in [0.5, 0.6) is 5.75 Å². The van der Waals surface area contributed by atoms with Crippen molar-refractivity contribution in [2.75, 3.05) is 6.54 Å². The Hall–Kier alpha value is -1.51. The maximum atomic E-state index is 6.00. The molecular weight excluding hydrogens is 260 g/mol. The fourth-order valence-electron chi connectivity index (χ4n) is 3.34. The van der Waals surface area contributed by atoms with Gasteiger partial charge < -0.3 is 10.1 Å². The van der Waals surface area contributed by atoms with E-state index in [-0.39, 0.29) is 6.10 Å². The highest BCUT2D eigenvalue weighted by atomic mass is 16.5. The summed E-state index contributed by atoms with van der Waals surface area (Å²) in [6.45, 7) is 5.05. The standard InChI is InChI=1S/C18H26N2O/c1-13-12-19-18(20-13)14(2)21-17-10-8-16(9-11-17)15-6-4-3-5-7-15/h8-11,13-15H,3-7,12H2,1-2H3,(H,19,20). The SMILES string of the molecule is CC1CN=C(C(C)Oc2ccc(C3CCCCC3)cc2)N1. The van der Waals surface area contributed by atoms with Crippen molar-refractivity contribution in [3.05, 3.63) is 29.8 Å². The first-order chi connectivity index (χ1) is 10.2. The Balaban J connectivity index is 1.59. The molecule has 0 bridgehead atoms. The highest BCUT2D eigenvalue weighted by molar-refractivity contribution is 5.88. The van der Waals surface area contributed by atoms with Gasteiger partial charge in [-0.3, -0.25) is 4.99 Å². The Morgan fingerprint density at radius 1 is 1.14 bits per heavy atom. The molecule has 1 fully saturated rings. The lowest BCUT2D eigenvalue weighted by Crippen LogP contribution is -2.37. The summed E-state index contributed by atoms with van der Waals surface area (Å²) in [5.41, 5.74) is 1.47. The van der Waals surface area contributed by atoms with Crippen LogP contribution in [-0.2, 0) is 0 Å². The molecular formula is C18H26N2O. The van der Waals surface area contributed by atoms with E-state index < -0.39 is 0 Å². The van der Waals surface area contributed by atoms with Crippen LogP contribution < -0.4 is 10.1 Å². The van der Waals surface area contributed by atoms with Gasteiger partial charge in [-0.2, -0.15) is 0 Å². The summed E-state index contributed by atoms with van der Waals surface area (Å²) in [6.07, 6.45) is 6.84. The highest BCUT2D eigenvalue weighted by Gasteiger charge is 2.20. The predicted octanol–water partition coefficient (Wildman–Crippen LogP) is 3.89. The molecule has 3 heteroatoms. The molecule has 1 aliphatic heterocycles. The summed E-state index contributed by atoms with van der Waals surface area (Å²) in [5.74, 6) is 2.66. The Morgan fingerprint density at radius 3 is 2.48 bits per heavy atom. The summed E-state index contributed by atoms with van der Waals surface area (Å²) in [5, 5.41) is 3.36. The molecule has 0 radical (unpaired) electrons. The molecule has 1 aliphatic carbocycles. The van der Waals surface area contributed by atoms with E-state index in [0.29, 0.717) is 6.04 Å². The van der Waals surface area contributed by atoms with Crippen molar-refractivity contribution in [3.8, 4) is 5.75 Å². The molecule has 2 unspecified atom stereocenters. The van der Waals surface area contributed by atoms with Crippen LogP contribution in [0.2, 0.25) is 0 Å². The lowest BCUT2D eigenvalue weighted by atomic mass is 9.84. The van der Waals surface area contributed by atoms with E-state index in [1.54, 1.807) is 0 Å². The molecule has 1 aromatic carbocycles. The number of hydrogen-bond acceptors (Lipinski definition) is 3. The van der Waals surface area contributed by atoms with Crippen molar-refractivity contribution >= 4 is 5.84 Å². The van der Waals surface area contributed by atoms with E-state index in [0.717, 1.165) is 24.0 Å². The molecule has 1 heterocycles. The number of rotatable bonds is 4. The molecule has 1 aromatic rings. The van der Waals surface area contributed by atoms with Crippen LogP contribution in [0.4, 0.5) is 0 Å². The summed E-state index contributed by atoms with van der Waals surface area (Å²) < 4.78 is 6.00. The highest BCUT2D eigenvalue weighted by Crippen LogP contribution is 2.33. The minimum atomic E-state index is -0.00418. The van der Waals surface area contributed by atoms with Gasteiger partial charge in [-0.1, -0.05) is 31.4 Å². The van der Waals surface area contributed by atoms with E-state index >= 15 is 0 Å². The minimum Gasteiger partial charge on any atom is -0.483 e. The van der Waals surface area contributed by atoms with Crippen LogP contribution in [0, 0.1) is 0 Å². The van der Waals surface area contributed by atoms with Crippen molar-refractivity contribution in [1.82, 2.24) is 5.32 Å². The number of nitrogens with zero attached hydrogens (tertiary/aromatic N) is 1. The second-order valence-electron chi connectivity index (χ2n) is 6.44. The van der Waals surface area contributed by atoms with Gasteiger partial charge in [-0.25, -0.2) is 0 Å². The van der Waals surface area contributed by atoms with E-state index in [1.807, 2.05) is 0 Å². The molecule has 1 N–H and O–H groups in total. The topological polar surface area (TPSA) is 33.6 Å². The molecule has 3 nitrogen and oxygen atoms in total. The quantitative estimate of drug-likeness (QED) is 0.911. The molecule has 114 valence electrons. The number of hydrogen-bond donors (Lipinski definition) is 1. The first kappa shape index (κ1) is 14.4. The van der Waals surface area contributed by atoms with Gasteiger partial charge in [0.15, 0.2) is 6.10 Å². The molecule has 3 rings (SSSR count). The third-order valence-corrected chi connectivity index (χ3v) is 4.58. The van der Waals surface area contributed by atoms with Crippen LogP contribution in [-0.4, -0.2) is 24.5 Å². The van der Waals surface area contributed by atoms with E-state index in [1.165, 1.54) is 37.7 Å². The number of amidine groups is 1. The van der Waals surface area contributed by atoms with Gasteiger partial charge in [0.05, 0.1) is 6.54 Å². The Morgan fingerprint density at radius 2 is 1.86 bits per heavy atom. The smallest absolute Gasteiger partial charge is 0.152 e. The molecule has 1 saturated carbocycles. The molecule has 2 atom stereocenters. The minimum absolute atomic E-state index is 0.00418. The van der Waals surface area contributed by atoms with Crippen molar-refractivity contribution in [1.29, 1.82) is 0 Å². The summed E-state index contributed by atoms with van der Waals surface area (Å²) in [4.78, 5) is 4.48. The molecule has 0 aromatic heterocycles. The zero-order valence-corrected chi connectivity index (χ0v) is 13.1. The van der Waals surface area contributed by atoms with Gasteiger partial charge in [0, 0.05) is 6.04 Å². The van der Waals surface area contributed by atoms with Gasteiger partial charge in [0.2, 0.25) is 0 Å². The van der Waals surface area contributed by atoms with Crippen LogP contribution in [0.25, 0.3) is 0 Å². The summed E-state index contributed by atoms with van der Waals surface area (Å²) in [6, 6.07) is 9.13. The predicted molar refractivity (Wildman–Crippen MR) is 87.3 cm³/mol. The molecule has 2 aliphatic rings.